The van der Waals surface area contributed by atoms with Crippen molar-refractivity contribution in [2.24, 2.45) is 5.92 Å². The first-order valence-electron chi connectivity index (χ1n) is 9.15. The van der Waals surface area contributed by atoms with E-state index in [0.29, 0.717) is 6.42 Å². The number of hydrogen-bond acceptors (Lipinski definition) is 5. The second-order valence-corrected chi connectivity index (χ2v) is 7.36. The molecule has 2 rings (SSSR count). The summed E-state index contributed by atoms with van der Waals surface area (Å²) in [4.78, 5) is 37.4. The fraction of sp³-hybridized carbons (Fsp3) is 0.261. The molecule has 0 heterocycles. The number of esters is 1. The third-order valence-corrected chi connectivity index (χ3v) is 5.08. The molecule has 0 radical (unpaired) electrons. The van der Waals surface area contributed by atoms with E-state index in [9.17, 15) is 14.4 Å². The molecule has 0 aromatic heterocycles. The molecule has 2 aromatic carbocycles. The summed E-state index contributed by atoms with van der Waals surface area (Å²) in [5, 5.41) is 0.00692. The SMILES string of the molecule is COC(=O)C(C/C=C/CC(=O)Sc1ccccc1)C(=O)CCc1ccccc1. The largest absolute Gasteiger partial charge is 0.468 e. The lowest BCUT2D eigenvalue weighted by molar-refractivity contribution is -0.149. The van der Waals surface area contributed by atoms with Crippen molar-refractivity contribution >= 4 is 28.6 Å². The molecule has 0 spiro atoms. The van der Waals surface area contributed by atoms with Gasteiger partial charge in [-0.05, 0) is 30.5 Å². The maximum atomic E-state index is 12.5. The number of benzene rings is 2. The highest BCUT2D eigenvalue weighted by Gasteiger charge is 2.25. The third kappa shape index (κ3) is 7.53. The van der Waals surface area contributed by atoms with Crippen molar-refractivity contribution in [1.29, 1.82) is 0 Å². The van der Waals surface area contributed by atoms with E-state index in [0.717, 1.165) is 10.5 Å². The van der Waals surface area contributed by atoms with Gasteiger partial charge >= 0.3 is 5.97 Å². The van der Waals surface area contributed by atoms with Crippen molar-refractivity contribution in [2.75, 3.05) is 7.11 Å². The normalized spacial score (nSPS) is 11.9. The van der Waals surface area contributed by atoms with Crippen LogP contribution in [0, 0.1) is 5.92 Å². The number of hydrogen-bond donors (Lipinski definition) is 0. The Morgan fingerprint density at radius 2 is 1.61 bits per heavy atom. The second-order valence-electron chi connectivity index (χ2n) is 6.23. The number of allylic oxidation sites excluding steroid dienone is 2. The highest BCUT2D eigenvalue weighted by molar-refractivity contribution is 8.13. The van der Waals surface area contributed by atoms with Crippen LogP contribution in [0.5, 0.6) is 0 Å². The van der Waals surface area contributed by atoms with E-state index in [-0.39, 0.29) is 30.2 Å². The van der Waals surface area contributed by atoms with Crippen LogP contribution in [0.3, 0.4) is 0 Å². The molecular weight excluding hydrogens is 372 g/mol. The molecule has 0 saturated carbocycles. The summed E-state index contributed by atoms with van der Waals surface area (Å²) in [6, 6.07) is 19.1. The monoisotopic (exact) mass is 396 g/mol. The van der Waals surface area contributed by atoms with Crippen LogP contribution >= 0.6 is 11.8 Å². The zero-order valence-corrected chi connectivity index (χ0v) is 16.7. The van der Waals surface area contributed by atoms with Crippen LogP contribution in [0.4, 0.5) is 0 Å². The molecule has 0 N–H and O–H groups in total. The van der Waals surface area contributed by atoms with E-state index in [2.05, 4.69) is 0 Å². The molecule has 1 atom stereocenters. The number of thioether (sulfide) groups is 1. The number of aryl methyl sites for hydroxylation is 1. The molecule has 1 unspecified atom stereocenters. The van der Waals surface area contributed by atoms with Crippen molar-refractivity contribution in [3.05, 3.63) is 78.4 Å². The zero-order chi connectivity index (χ0) is 20.2. The van der Waals surface area contributed by atoms with Crippen LogP contribution in [0.25, 0.3) is 0 Å². The predicted octanol–water partition coefficient (Wildman–Crippen LogP) is 4.63. The van der Waals surface area contributed by atoms with Crippen LogP contribution < -0.4 is 0 Å². The molecule has 28 heavy (non-hydrogen) atoms. The first-order valence-corrected chi connectivity index (χ1v) is 9.97. The number of rotatable bonds is 10. The van der Waals surface area contributed by atoms with Gasteiger partial charge in [-0.3, -0.25) is 14.4 Å². The van der Waals surface area contributed by atoms with Crippen molar-refractivity contribution in [3.63, 3.8) is 0 Å². The van der Waals surface area contributed by atoms with Crippen LogP contribution in [-0.2, 0) is 25.5 Å². The number of methoxy groups -OCH3 is 1. The maximum Gasteiger partial charge on any atom is 0.316 e. The average Bonchev–Trinajstić information content (AvgIpc) is 2.73. The van der Waals surface area contributed by atoms with Crippen LogP contribution in [0.15, 0.2) is 77.7 Å². The lowest BCUT2D eigenvalue weighted by Gasteiger charge is -2.11. The Morgan fingerprint density at radius 1 is 0.964 bits per heavy atom. The van der Waals surface area contributed by atoms with Gasteiger partial charge in [0.1, 0.15) is 11.7 Å². The molecule has 4 nitrogen and oxygen atoms in total. The van der Waals surface area contributed by atoms with Crippen molar-refractivity contribution < 1.29 is 19.1 Å². The topological polar surface area (TPSA) is 60.4 Å². The van der Waals surface area contributed by atoms with Crippen molar-refractivity contribution in [1.82, 2.24) is 0 Å². The minimum Gasteiger partial charge on any atom is -0.468 e. The smallest absolute Gasteiger partial charge is 0.316 e. The molecule has 146 valence electrons. The molecule has 0 aliphatic heterocycles. The van der Waals surface area contributed by atoms with Gasteiger partial charge in [-0.15, -0.1) is 0 Å². The Kier molecular flexibility index (Phi) is 9.22. The van der Waals surface area contributed by atoms with E-state index in [1.807, 2.05) is 60.7 Å². The summed E-state index contributed by atoms with van der Waals surface area (Å²) in [6.07, 6.45) is 4.77. The van der Waals surface area contributed by atoms with Crippen molar-refractivity contribution in [3.8, 4) is 0 Å². The summed E-state index contributed by atoms with van der Waals surface area (Å²) in [5.41, 5.74) is 1.05. The molecular formula is C23H24O4S. The Labute approximate surface area is 170 Å². The highest BCUT2D eigenvalue weighted by Crippen LogP contribution is 2.20. The molecule has 0 fully saturated rings. The standard InChI is InChI=1S/C23H24O4S/c1-27-23(26)20(21(24)17-16-18-10-4-2-5-11-18)14-8-9-15-22(25)28-19-12-6-3-7-13-19/h2-13,20H,14-17H2,1H3/b9-8+. The zero-order valence-electron chi connectivity index (χ0n) is 15.9. The molecule has 0 aliphatic carbocycles. The first kappa shape index (κ1) is 21.6. The quantitative estimate of drug-likeness (QED) is 0.254. The molecule has 0 aliphatic rings. The van der Waals surface area contributed by atoms with Gasteiger partial charge in [0.25, 0.3) is 0 Å². The maximum absolute atomic E-state index is 12.5. The molecule has 0 amide bonds. The number of Topliss-reactive ketones (excluding diaryl/α,β-unsaturated/α-hetero) is 1. The summed E-state index contributed by atoms with van der Waals surface area (Å²) in [5.74, 6) is -1.51. The van der Waals surface area contributed by atoms with Crippen LogP contribution in [-0.4, -0.2) is 24.0 Å². The third-order valence-electron chi connectivity index (χ3n) is 4.18. The van der Waals surface area contributed by atoms with Gasteiger partial charge in [-0.25, -0.2) is 0 Å². The van der Waals surface area contributed by atoms with E-state index >= 15 is 0 Å². The Morgan fingerprint density at radius 3 is 2.25 bits per heavy atom. The minimum atomic E-state index is -0.832. The minimum absolute atomic E-state index is 0.00692. The van der Waals surface area contributed by atoms with Gasteiger partial charge < -0.3 is 4.74 Å². The number of carbonyl (C=O) groups excluding carboxylic acids is 3. The van der Waals surface area contributed by atoms with E-state index in [1.165, 1.54) is 18.9 Å². The van der Waals surface area contributed by atoms with Gasteiger partial charge in [0.05, 0.1) is 7.11 Å². The second kappa shape index (κ2) is 11.9. The van der Waals surface area contributed by atoms with Gasteiger partial charge in [0, 0.05) is 17.7 Å². The van der Waals surface area contributed by atoms with Crippen molar-refractivity contribution in [2.45, 2.75) is 30.6 Å². The molecule has 5 heteroatoms. The lowest BCUT2D eigenvalue weighted by atomic mass is 9.95. The summed E-state index contributed by atoms with van der Waals surface area (Å²) in [7, 11) is 1.28. The van der Waals surface area contributed by atoms with Gasteiger partial charge in [0.15, 0.2) is 5.12 Å². The van der Waals surface area contributed by atoms with Gasteiger partial charge in [0.2, 0.25) is 0 Å². The number of ether oxygens (including phenoxy) is 1. The fourth-order valence-corrected chi connectivity index (χ4v) is 3.40. The van der Waals surface area contributed by atoms with Gasteiger partial charge in [-0.1, -0.05) is 72.4 Å². The Bertz CT molecular complexity index is 800. The Balaban J connectivity index is 1.83. The van der Waals surface area contributed by atoms with Crippen LogP contribution in [0.2, 0.25) is 0 Å². The summed E-state index contributed by atoms with van der Waals surface area (Å²) >= 11 is 1.18. The fourth-order valence-electron chi connectivity index (χ4n) is 2.66. The van der Waals surface area contributed by atoms with E-state index in [4.69, 9.17) is 4.74 Å². The number of carbonyl (C=O) groups is 3. The first-order chi connectivity index (χ1) is 13.6. The lowest BCUT2D eigenvalue weighted by Crippen LogP contribution is -2.25. The Hall–Kier alpha value is -2.66. The predicted molar refractivity (Wildman–Crippen MR) is 111 cm³/mol. The highest BCUT2D eigenvalue weighted by atomic mass is 32.2. The number of ketones is 1. The van der Waals surface area contributed by atoms with Gasteiger partial charge in [-0.2, -0.15) is 0 Å². The van der Waals surface area contributed by atoms with Crippen LogP contribution in [0.1, 0.15) is 24.8 Å². The average molecular weight is 397 g/mol. The molecule has 0 saturated heterocycles. The van der Waals surface area contributed by atoms with E-state index in [1.54, 1.807) is 12.2 Å². The summed E-state index contributed by atoms with van der Waals surface area (Å²) in [6.45, 7) is 0. The molecule has 2 aromatic rings. The van der Waals surface area contributed by atoms with E-state index < -0.39 is 11.9 Å². The molecule has 0 bridgehead atoms. The summed E-state index contributed by atoms with van der Waals surface area (Å²) < 4.78 is 4.78.